The van der Waals surface area contributed by atoms with E-state index in [1.165, 1.54) is 11.3 Å². The molecule has 7 nitrogen and oxygen atoms in total. The van der Waals surface area contributed by atoms with Gasteiger partial charge < -0.3 is 19.9 Å². The summed E-state index contributed by atoms with van der Waals surface area (Å²) in [6.45, 7) is 8.93. The number of ether oxygens (including phenoxy) is 1. The minimum atomic E-state index is 0.300. The number of carbonyl (C=O) groups is 1. The molecule has 1 aromatic heterocycles. The molecule has 31 heavy (non-hydrogen) atoms. The van der Waals surface area contributed by atoms with Crippen LogP contribution >= 0.6 is 0 Å². The summed E-state index contributed by atoms with van der Waals surface area (Å²) in [5.74, 6) is 1.43. The van der Waals surface area contributed by atoms with Crippen LogP contribution in [-0.4, -0.2) is 79.4 Å². The Bertz CT molecular complexity index is 625. The maximum Gasteiger partial charge on any atom is 0.222 e. The average molecular weight is 436 g/mol. The number of carbonyl (C=O) groups excluding carboxylic acids is 1. The number of aromatic nitrogens is 2. The number of methoxy groups -OCH3 is 1. The van der Waals surface area contributed by atoms with Crippen molar-refractivity contribution in [2.45, 2.75) is 77.3 Å². The van der Waals surface area contributed by atoms with Crippen LogP contribution in [0.3, 0.4) is 0 Å². The van der Waals surface area contributed by atoms with Crippen molar-refractivity contribution in [1.82, 2.24) is 25.3 Å². The van der Waals surface area contributed by atoms with Gasteiger partial charge in [-0.05, 0) is 58.5 Å². The summed E-state index contributed by atoms with van der Waals surface area (Å²) in [6.07, 6.45) is 8.84. The predicted molar refractivity (Wildman–Crippen MR) is 126 cm³/mol. The van der Waals surface area contributed by atoms with E-state index in [1.807, 2.05) is 13.2 Å². The van der Waals surface area contributed by atoms with Gasteiger partial charge in [0.15, 0.2) is 0 Å². The molecule has 1 aliphatic rings. The Morgan fingerprint density at radius 1 is 1.29 bits per heavy atom. The zero-order valence-electron chi connectivity index (χ0n) is 20.5. The van der Waals surface area contributed by atoms with E-state index in [0.717, 1.165) is 64.7 Å². The molecule has 0 aromatic carbocycles. The number of aromatic amines is 1. The highest BCUT2D eigenvalue weighted by Gasteiger charge is 2.30. The third-order valence-corrected chi connectivity index (χ3v) is 6.49. The van der Waals surface area contributed by atoms with Crippen molar-refractivity contribution in [3.05, 3.63) is 17.5 Å². The lowest BCUT2D eigenvalue weighted by atomic mass is 9.82. The minimum absolute atomic E-state index is 0.300. The van der Waals surface area contributed by atoms with Gasteiger partial charge in [-0.1, -0.05) is 13.8 Å². The number of nitrogens with one attached hydrogen (secondary N) is 2. The maximum atomic E-state index is 12.9. The number of hydrogen-bond acceptors (Lipinski definition) is 5. The second kappa shape index (κ2) is 13.9. The minimum Gasteiger partial charge on any atom is -0.385 e. The molecule has 1 saturated carbocycles. The zero-order chi connectivity index (χ0) is 22.6. The third kappa shape index (κ3) is 8.54. The topological polar surface area (TPSA) is 73.5 Å². The van der Waals surface area contributed by atoms with E-state index in [4.69, 9.17) is 4.74 Å². The van der Waals surface area contributed by atoms with Gasteiger partial charge >= 0.3 is 0 Å². The largest absolute Gasteiger partial charge is 0.385 e. The van der Waals surface area contributed by atoms with Crippen LogP contribution in [0.25, 0.3) is 0 Å². The summed E-state index contributed by atoms with van der Waals surface area (Å²) >= 11 is 0. The van der Waals surface area contributed by atoms with Crippen LogP contribution in [0.2, 0.25) is 0 Å². The molecule has 1 fully saturated rings. The fourth-order valence-electron chi connectivity index (χ4n) is 4.57. The Morgan fingerprint density at radius 2 is 2.03 bits per heavy atom. The Hall–Kier alpha value is -1.44. The van der Waals surface area contributed by atoms with Crippen LogP contribution in [0.15, 0.2) is 6.20 Å². The molecule has 0 aliphatic heterocycles. The first-order chi connectivity index (χ1) is 15.0. The van der Waals surface area contributed by atoms with Crippen LogP contribution in [0.1, 0.15) is 76.0 Å². The molecule has 2 rings (SSSR count). The van der Waals surface area contributed by atoms with E-state index in [1.54, 1.807) is 7.11 Å². The molecular weight excluding hydrogens is 390 g/mol. The maximum absolute atomic E-state index is 12.9. The molecule has 1 aromatic rings. The molecule has 0 radical (unpaired) electrons. The monoisotopic (exact) mass is 435 g/mol. The van der Waals surface area contributed by atoms with Crippen molar-refractivity contribution >= 4 is 5.91 Å². The van der Waals surface area contributed by atoms with Gasteiger partial charge in [0.2, 0.25) is 5.91 Å². The fourth-order valence-corrected chi connectivity index (χ4v) is 4.57. The van der Waals surface area contributed by atoms with Crippen LogP contribution in [0.4, 0.5) is 0 Å². The standard InChI is InChI=1S/C24H45N5O2/c1-19(2)12-14-29(23(30)7-6-16-31-5)22-10-8-20(9-11-22)24-21(17-26-27-24)18-28(4)15-13-25-3/h17,19-20,22,25H,6-16,18H2,1-5H3,(H,26,27). The Morgan fingerprint density at radius 3 is 2.68 bits per heavy atom. The van der Waals surface area contributed by atoms with Gasteiger partial charge in [0.05, 0.1) is 6.20 Å². The van der Waals surface area contributed by atoms with E-state index in [2.05, 4.69) is 46.2 Å². The third-order valence-electron chi connectivity index (χ3n) is 6.49. The smallest absolute Gasteiger partial charge is 0.222 e. The fraction of sp³-hybridized carbons (Fsp3) is 0.833. The van der Waals surface area contributed by atoms with Crippen LogP contribution in [0.5, 0.6) is 0 Å². The number of hydrogen-bond donors (Lipinski definition) is 2. The molecule has 2 N–H and O–H groups in total. The first-order valence-electron chi connectivity index (χ1n) is 12.1. The molecule has 0 spiro atoms. The van der Waals surface area contributed by atoms with E-state index in [-0.39, 0.29) is 0 Å². The summed E-state index contributed by atoms with van der Waals surface area (Å²) in [7, 11) is 5.85. The van der Waals surface area contributed by atoms with Gasteiger partial charge in [0.1, 0.15) is 0 Å². The molecule has 1 amide bonds. The van der Waals surface area contributed by atoms with Crippen molar-refractivity contribution in [3.63, 3.8) is 0 Å². The average Bonchev–Trinajstić information content (AvgIpc) is 3.20. The number of rotatable bonds is 14. The van der Waals surface area contributed by atoms with Crippen LogP contribution in [0, 0.1) is 5.92 Å². The lowest BCUT2D eigenvalue weighted by Crippen LogP contribution is -2.43. The summed E-state index contributed by atoms with van der Waals surface area (Å²) in [5.41, 5.74) is 2.62. The van der Waals surface area contributed by atoms with Crippen LogP contribution in [-0.2, 0) is 16.1 Å². The number of amides is 1. The van der Waals surface area contributed by atoms with Gasteiger partial charge in [0.25, 0.3) is 0 Å². The molecule has 0 saturated heterocycles. The Kier molecular flexibility index (Phi) is 11.5. The van der Waals surface area contributed by atoms with E-state index < -0.39 is 0 Å². The summed E-state index contributed by atoms with van der Waals surface area (Å²) in [6, 6.07) is 0.370. The molecule has 7 heteroatoms. The van der Waals surface area contributed by atoms with Crippen molar-refractivity contribution in [2.75, 3.05) is 47.4 Å². The molecule has 0 unspecified atom stereocenters. The van der Waals surface area contributed by atoms with Gasteiger partial charge in [0, 0.05) is 69.5 Å². The summed E-state index contributed by atoms with van der Waals surface area (Å²) < 4.78 is 5.14. The Balaban J connectivity index is 1.94. The molecule has 1 aliphatic carbocycles. The summed E-state index contributed by atoms with van der Waals surface area (Å²) in [5, 5.41) is 10.9. The predicted octanol–water partition coefficient (Wildman–Crippen LogP) is 3.39. The van der Waals surface area contributed by atoms with E-state index >= 15 is 0 Å². The molecule has 178 valence electrons. The van der Waals surface area contributed by atoms with Crippen molar-refractivity contribution in [2.24, 2.45) is 5.92 Å². The lowest BCUT2D eigenvalue weighted by Gasteiger charge is -2.37. The van der Waals surface area contributed by atoms with Crippen LogP contribution < -0.4 is 5.32 Å². The summed E-state index contributed by atoms with van der Waals surface area (Å²) in [4.78, 5) is 17.5. The molecule has 0 atom stereocenters. The SMILES string of the molecule is CNCCN(C)Cc1cn[nH]c1C1CCC(N(CCC(C)C)C(=O)CCCOC)CC1. The van der Waals surface area contributed by atoms with Crippen molar-refractivity contribution < 1.29 is 9.53 Å². The number of likely N-dealkylation sites (N-methyl/N-ethyl adjacent to an activating group) is 2. The molecule has 1 heterocycles. The zero-order valence-corrected chi connectivity index (χ0v) is 20.5. The number of H-pyrrole nitrogens is 1. The molecule has 0 bridgehead atoms. The van der Waals surface area contributed by atoms with Gasteiger partial charge in [-0.25, -0.2) is 0 Å². The first kappa shape index (κ1) is 25.8. The highest BCUT2D eigenvalue weighted by atomic mass is 16.5. The first-order valence-corrected chi connectivity index (χ1v) is 12.1. The highest BCUT2D eigenvalue weighted by molar-refractivity contribution is 5.76. The van der Waals surface area contributed by atoms with E-state index in [0.29, 0.717) is 36.8 Å². The normalized spacial score (nSPS) is 19.3. The van der Waals surface area contributed by atoms with Crippen molar-refractivity contribution in [1.29, 1.82) is 0 Å². The highest BCUT2D eigenvalue weighted by Crippen LogP contribution is 2.36. The second-order valence-electron chi connectivity index (χ2n) is 9.52. The van der Waals surface area contributed by atoms with Gasteiger partial charge in [-0.15, -0.1) is 0 Å². The quantitative estimate of drug-likeness (QED) is 0.438. The lowest BCUT2D eigenvalue weighted by molar-refractivity contribution is -0.134. The second-order valence-corrected chi connectivity index (χ2v) is 9.52. The van der Waals surface area contributed by atoms with Crippen molar-refractivity contribution in [3.8, 4) is 0 Å². The molecular formula is C24H45N5O2. The van der Waals surface area contributed by atoms with Gasteiger partial charge in [-0.2, -0.15) is 5.10 Å². The number of nitrogens with zero attached hydrogens (tertiary/aromatic N) is 3. The Labute approximate surface area is 189 Å². The van der Waals surface area contributed by atoms with Gasteiger partial charge in [-0.3, -0.25) is 9.89 Å². The van der Waals surface area contributed by atoms with E-state index in [9.17, 15) is 4.79 Å².